The van der Waals surface area contributed by atoms with E-state index in [-0.39, 0.29) is 5.75 Å². The van der Waals surface area contributed by atoms with E-state index in [9.17, 15) is 13.2 Å². The van der Waals surface area contributed by atoms with Crippen molar-refractivity contribution in [1.29, 1.82) is 0 Å². The number of ether oxygens (including phenoxy) is 1. The van der Waals surface area contributed by atoms with Crippen molar-refractivity contribution in [2.75, 3.05) is 31.7 Å². The molecule has 2 aromatic rings. The molecule has 6 heteroatoms. The van der Waals surface area contributed by atoms with Gasteiger partial charge in [0.05, 0.1) is 12.3 Å². The summed E-state index contributed by atoms with van der Waals surface area (Å²) in [6, 6.07) is 15.7. The predicted octanol–water partition coefficient (Wildman–Crippen LogP) is 3.19. The zero-order valence-corrected chi connectivity index (χ0v) is 17.7. The van der Waals surface area contributed by atoms with Crippen molar-refractivity contribution in [2.24, 2.45) is 0 Å². The van der Waals surface area contributed by atoms with Crippen molar-refractivity contribution in [3.05, 3.63) is 65.2 Å². The molecule has 0 bridgehead atoms. The number of nitrogens with zero attached hydrogens (tertiary/aromatic N) is 1. The molecule has 0 atom stereocenters. The van der Waals surface area contributed by atoms with Crippen LogP contribution in [0.2, 0.25) is 0 Å². The highest BCUT2D eigenvalue weighted by molar-refractivity contribution is 7.92. The van der Waals surface area contributed by atoms with E-state index in [4.69, 9.17) is 4.74 Å². The number of amides is 1. The van der Waals surface area contributed by atoms with Crippen LogP contribution in [0.5, 0.6) is 5.75 Å². The van der Waals surface area contributed by atoms with E-state index in [0.29, 0.717) is 26.0 Å². The number of aryl methyl sites for hydroxylation is 3. The molecule has 0 saturated heterocycles. The largest absolute Gasteiger partial charge is 0.492 e. The Hall–Kier alpha value is -2.34. The topological polar surface area (TPSA) is 63.7 Å². The van der Waals surface area contributed by atoms with Crippen LogP contribution in [-0.4, -0.2) is 50.9 Å². The summed E-state index contributed by atoms with van der Waals surface area (Å²) in [5, 5.41) is 0. The Balaban J connectivity index is 1.74. The summed E-state index contributed by atoms with van der Waals surface area (Å²) in [6.07, 6.45) is 1.20. The maximum atomic E-state index is 12.2. The smallest absolute Gasteiger partial charge is 0.237 e. The van der Waals surface area contributed by atoms with Crippen molar-refractivity contribution in [1.82, 2.24) is 4.90 Å². The first kappa shape index (κ1) is 22.0. The normalized spacial score (nSPS) is 11.2. The Kier molecular flexibility index (Phi) is 8.05. The van der Waals surface area contributed by atoms with Crippen LogP contribution in [-0.2, 0) is 21.1 Å². The van der Waals surface area contributed by atoms with Gasteiger partial charge in [-0.1, -0.05) is 36.4 Å². The first-order chi connectivity index (χ1) is 13.2. The van der Waals surface area contributed by atoms with Crippen molar-refractivity contribution in [3.8, 4) is 5.75 Å². The highest BCUT2D eigenvalue weighted by Gasteiger charge is 2.19. The lowest BCUT2D eigenvalue weighted by Gasteiger charge is -2.18. The lowest BCUT2D eigenvalue weighted by atomic mass is 10.1. The number of hydrogen-bond acceptors (Lipinski definition) is 4. The molecule has 28 heavy (non-hydrogen) atoms. The van der Waals surface area contributed by atoms with E-state index in [1.807, 2.05) is 56.3 Å². The van der Waals surface area contributed by atoms with Crippen LogP contribution in [0.25, 0.3) is 0 Å². The lowest BCUT2D eigenvalue weighted by Crippen LogP contribution is -2.36. The van der Waals surface area contributed by atoms with Crippen LogP contribution < -0.4 is 4.74 Å². The minimum atomic E-state index is -3.42. The van der Waals surface area contributed by atoms with Gasteiger partial charge in [-0.2, -0.15) is 0 Å². The molecule has 0 heterocycles. The molecule has 1 amide bonds. The fourth-order valence-electron chi connectivity index (χ4n) is 2.95. The number of hydrogen-bond donors (Lipinski definition) is 0. The molecule has 0 aliphatic rings. The summed E-state index contributed by atoms with van der Waals surface area (Å²) >= 11 is 0. The molecule has 0 saturated carbocycles. The zero-order valence-electron chi connectivity index (χ0n) is 16.8. The summed E-state index contributed by atoms with van der Waals surface area (Å²) < 4.78 is 30.1. The number of carbonyl (C=O) groups excluding carboxylic acids is 1. The van der Waals surface area contributed by atoms with E-state index < -0.39 is 21.5 Å². The fraction of sp³-hybridized carbons (Fsp3) is 0.409. The maximum Gasteiger partial charge on any atom is 0.237 e. The van der Waals surface area contributed by atoms with E-state index in [1.165, 1.54) is 4.90 Å². The summed E-state index contributed by atoms with van der Waals surface area (Å²) in [5.74, 6) is -0.0850. The predicted molar refractivity (Wildman–Crippen MR) is 112 cm³/mol. The second-order valence-electron chi connectivity index (χ2n) is 7.17. The number of rotatable bonds is 10. The second kappa shape index (κ2) is 10.3. The van der Waals surface area contributed by atoms with Crippen LogP contribution in [0.3, 0.4) is 0 Å². The number of carbonyl (C=O) groups is 1. The van der Waals surface area contributed by atoms with Gasteiger partial charge in [0.1, 0.15) is 18.1 Å². The Bertz CT molecular complexity index is 858. The minimum Gasteiger partial charge on any atom is -0.492 e. The minimum absolute atomic E-state index is 0.0144. The monoisotopic (exact) mass is 403 g/mol. The maximum absolute atomic E-state index is 12.2. The van der Waals surface area contributed by atoms with Gasteiger partial charge in [-0.25, -0.2) is 8.42 Å². The third kappa shape index (κ3) is 7.72. The number of sulfone groups is 1. The van der Waals surface area contributed by atoms with Crippen molar-refractivity contribution >= 4 is 15.7 Å². The highest BCUT2D eigenvalue weighted by atomic mass is 32.2. The van der Waals surface area contributed by atoms with Crippen LogP contribution in [0.4, 0.5) is 0 Å². The first-order valence-corrected chi connectivity index (χ1v) is 11.3. The Morgan fingerprint density at radius 2 is 1.68 bits per heavy atom. The van der Waals surface area contributed by atoms with Gasteiger partial charge in [-0.15, -0.1) is 0 Å². The van der Waals surface area contributed by atoms with Gasteiger partial charge in [0.15, 0.2) is 9.84 Å². The lowest BCUT2D eigenvalue weighted by molar-refractivity contribution is -0.127. The Morgan fingerprint density at radius 3 is 2.32 bits per heavy atom. The van der Waals surface area contributed by atoms with Gasteiger partial charge in [0, 0.05) is 7.05 Å². The third-order valence-electron chi connectivity index (χ3n) is 4.42. The van der Waals surface area contributed by atoms with Gasteiger partial charge in [0.25, 0.3) is 0 Å². The Labute approximate surface area is 168 Å². The third-order valence-corrected chi connectivity index (χ3v) is 6.02. The molecular formula is C22H29NO4S. The molecule has 0 radical (unpaired) electrons. The summed E-state index contributed by atoms with van der Waals surface area (Å²) in [7, 11) is -1.81. The van der Waals surface area contributed by atoms with Crippen LogP contribution in [0.15, 0.2) is 48.5 Å². The van der Waals surface area contributed by atoms with Gasteiger partial charge in [0.2, 0.25) is 5.91 Å². The highest BCUT2D eigenvalue weighted by Crippen LogP contribution is 2.16. The second-order valence-corrected chi connectivity index (χ2v) is 9.35. The zero-order chi connectivity index (χ0) is 20.6. The number of benzene rings is 2. The van der Waals surface area contributed by atoms with Crippen molar-refractivity contribution < 1.29 is 17.9 Å². The van der Waals surface area contributed by atoms with E-state index in [1.54, 1.807) is 7.05 Å². The molecule has 5 nitrogen and oxygen atoms in total. The van der Waals surface area contributed by atoms with Gasteiger partial charge in [-0.3, -0.25) is 4.79 Å². The van der Waals surface area contributed by atoms with E-state index >= 15 is 0 Å². The molecule has 0 fully saturated rings. The Morgan fingerprint density at radius 1 is 1.04 bits per heavy atom. The first-order valence-electron chi connectivity index (χ1n) is 9.44. The molecule has 0 aromatic heterocycles. The summed E-state index contributed by atoms with van der Waals surface area (Å²) in [5.41, 5.74) is 3.33. The molecule has 0 aliphatic heterocycles. The van der Waals surface area contributed by atoms with E-state index in [0.717, 1.165) is 22.4 Å². The van der Waals surface area contributed by atoms with Gasteiger partial charge < -0.3 is 9.64 Å². The van der Waals surface area contributed by atoms with Crippen LogP contribution in [0.1, 0.15) is 23.1 Å². The van der Waals surface area contributed by atoms with Crippen molar-refractivity contribution in [2.45, 2.75) is 26.7 Å². The quantitative estimate of drug-likeness (QED) is 0.611. The van der Waals surface area contributed by atoms with Crippen LogP contribution >= 0.6 is 0 Å². The molecule has 0 N–H and O–H groups in total. The van der Waals surface area contributed by atoms with E-state index in [2.05, 4.69) is 6.07 Å². The molecule has 0 aliphatic carbocycles. The number of likely N-dealkylation sites (N-methyl/N-ethyl adjacent to an activating group) is 1. The van der Waals surface area contributed by atoms with Gasteiger partial charge >= 0.3 is 0 Å². The average Bonchev–Trinajstić information content (AvgIpc) is 2.61. The molecule has 2 aromatic carbocycles. The molecule has 2 rings (SSSR count). The summed E-state index contributed by atoms with van der Waals surface area (Å²) in [6.45, 7) is 4.65. The summed E-state index contributed by atoms with van der Waals surface area (Å²) in [4.78, 5) is 13.6. The van der Waals surface area contributed by atoms with Crippen LogP contribution in [0, 0.1) is 13.8 Å². The molecule has 152 valence electrons. The average molecular weight is 404 g/mol. The molecule has 0 spiro atoms. The SMILES string of the molecule is Cc1cc(C)cc(OCCN(C)C(=O)CS(=O)(=O)CCCc2ccccc2)c1. The molecular weight excluding hydrogens is 374 g/mol. The fourth-order valence-corrected chi connectivity index (χ4v) is 4.28. The standard InChI is InChI=1S/C22H29NO4S/c1-18-14-19(2)16-21(15-18)27-12-11-23(3)22(24)17-28(25,26)13-7-10-20-8-5-4-6-9-20/h4-6,8-9,14-16H,7,10-13,17H2,1-3H3. The van der Waals surface area contributed by atoms with Crippen molar-refractivity contribution in [3.63, 3.8) is 0 Å². The molecule has 0 unspecified atom stereocenters. The van der Waals surface area contributed by atoms with Gasteiger partial charge in [-0.05, 0) is 55.5 Å².